The van der Waals surface area contributed by atoms with Crippen molar-refractivity contribution < 1.29 is 8.81 Å². The number of nitrogens with zero attached hydrogens (tertiary/aromatic N) is 2. The van der Waals surface area contributed by atoms with Crippen molar-refractivity contribution in [1.29, 1.82) is 0 Å². The molecule has 0 bridgehead atoms. The summed E-state index contributed by atoms with van der Waals surface area (Å²) in [6.07, 6.45) is 0. The van der Waals surface area contributed by atoms with E-state index in [4.69, 9.17) is 4.42 Å². The Kier molecular flexibility index (Phi) is 11.8. The number of halogens is 1. The Morgan fingerprint density at radius 3 is 1.31 bits per heavy atom. The van der Waals surface area contributed by atoms with Gasteiger partial charge in [-0.25, -0.2) is 4.39 Å². The lowest BCUT2D eigenvalue weighted by Crippen LogP contribution is -2.14. The topological polar surface area (TPSA) is 19.6 Å². The van der Waals surface area contributed by atoms with Crippen molar-refractivity contribution in [3.8, 4) is 66.8 Å². The second-order valence-electron chi connectivity index (χ2n) is 22.7. The Bertz CT molecular complexity index is 4180. The van der Waals surface area contributed by atoms with Gasteiger partial charge in [0.05, 0.1) is 11.1 Å². The summed E-state index contributed by atoms with van der Waals surface area (Å²) in [5, 5.41) is 1.96. The zero-order valence-corrected chi connectivity index (χ0v) is 44.9. The number of hydrogen-bond acceptors (Lipinski definition) is 3. The van der Waals surface area contributed by atoms with Crippen LogP contribution in [0.1, 0.15) is 52.7 Å². The maximum absolute atomic E-state index is 16.3. The van der Waals surface area contributed by atoms with Gasteiger partial charge >= 0.3 is 0 Å². The fourth-order valence-corrected chi connectivity index (χ4v) is 11.5. The molecule has 0 amide bonds. The quantitative estimate of drug-likeness (QED) is 0.151. The van der Waals surface area contributed by atoms with Crippen molar-refractivity contribution in [2.45, 2.75) is 52.4 Å². The van der Waals surface area contributed by atoms with Crippen LogP contribution in [0.3, 0.4) is 0 Å². The van der Waals surface area contributed by atoms with Gasteiger partial charge in [0.25, 0.3) is 0 Å². The Morgan fingerprint density at radius 2 is 0.756 bits per heavy atom. The first-order valence-corrected chi connectivity index (χ1v) is 27.0. The molecule has 1 aliphatic carbocycles. The molecule has 12 aromatic rings. The van der Waals surface area contributed by atoms with E-state index in [0.29, 0.717) is 0 Å². The van der Waals surface area contributed by atoms with Crippen molar-refractivity contribution >= 4 is 56.1 Å². The molecular formula is C74H59FN2O. The van der Waals surface area contributed by atoms with E-state index in [1.807, 2.05) is 12.1 Å². The number of para-hydroxylation sites is 1. The molecule has 0 spiro atoms. The zero-order valence-electron chi connectivity index (χ0n) is 44.9. The number of rotatable bonds is 8. The lowest BCUT2D eigenvalue weighted by molar-refractivity contribution is 0.590. The molecule has 3 nitrogen and oxygen atoms in total. The van der Waals surface area contributed by atoms with Crippen molar-refractivity contribution in [3.05, 3.63) is 266 Å². The summed E-state index contributed by atoms with van der Waals surface area (Å²) in [5.74, 6) is -0.308. The van der Waals surface area contributed by atoms with Crippen LogP contribution in [0.5, 0.6) is 0 Å². The number of furan rings is 1. The molecule has 0 fully saturated rings. The van der Waals surface area contributed by atoms with E-state index in [9.17, 15) is 0 Å². The van der Waals surface area contributed by atoms with Crippen LogP contribution in [0.15, 0.2) is 253 Å². The monoisotopic (exact) mass is 1010 g/mol. The molecule has 78 heavy (non-hydrogen) atoms. The minimum atomic E-state index is -0.308. The Hall–Kier alpha value is -9.25. The second-order valence-corrected chi connectivity index (χ2v) is 22.7. The van der Waals surface area contributed by atoms with E-state index in [1.54, 1.807) is 12.1 Å². The summed E-state index contributed by atoms with van der Waals surface area (Å²) in [4.78, 5) is 4.71. The molecule has 0 atom stereocenters. The Labute approximate surface area is 457 Å². The second kappa shape index (κ2) is 19.1. The van der Waals surface area contributed by atoms with Gasteiger partial charge in [-0.15, -0.1) is 0 Å². The van der Waals surface area contributed by atoms with E-state index in [2.05, 4.69) is 276 Å². The molecule has 1 heterocycles. The van der Waals surface area contributed by atoms with Crippen LogP contribution in [0.4, 0.5) is 38.5 Å². The predicted octanol–water partition coefficient (Wildman–Crippen LogP) is 21.6. The minimum Gasteiger partial charge on any atom is -0.455 e. The normalized spacial score (nSPS) is 12.0. The first-order valence-electron chi connectivity index (χ1n) is 27.0. The number of benzene rings is 11. The van der Waals surface area contributed by atoms with E-state index in [1.165, 1.54) is 16.7 Å². The summed E-state index contributed by atoms with van der Waals surface area (Å²) in [5.41, 5.74) is 22.1. The summed E-state index contributed by atoms with van der Waals surface area (Å²) >= 11 is 0. The largest absolute Gasteiger partial charge is 0.455 e. The van der Waals surface area contributed by atoms with Crippen molar-refractivity contribution in [1.82, 2.24) is 0 Å². The molecule has 0 unspecified atom stereocenters. The molecule has 1 aliphatic rings. The number of hydrogen-bond donors (Lipinski definition) is 0. The van der Waals surface area contributed by atoms with Crippen molar-refractivity contribution in [3.63, 3.8) is 0 Å². The van der Waals surface area contributed by atoms with Crippen LogP contribution in [-0.4, -0.2) is 0 Å². The minimum absolute atomic E-state index is 0.0116. The first-order chi connectivity index (χ1) is 37.9. The SMILES string of the molecule is CC(C)(C)c1ccc(N(c2ccc(-c3ccccc3)cc2)c2ccc3c(c2)-c2ccccc2-c2ccc(F)cc2-c2cc(N(c4ccc(-c5ccccc5)cc4)c4ccc(C(C)(C)C)cc4)c4c(oc5ccccc54)c2-3)cc1. The highest BCUT2D eigenvalue weighted by molar-refractivity contribution is 6.22. The molecule has 0 aliphatic heterocycles. The standard InChI is InChI=1S/C74H59FN2O/c1-73(2,3)52-29-38-56(39-30-52)76(55-34-25-50(26-35-55)48-17-9-7-10-18-48)59-42-44-63-66(46-59)61-22-14-13-21-60(61)62-43-33-54(75)45-65(62)67-47-68(71-64-23-15-16-24-69(64)78-72(71)70(63)67)77(58-40-31-53(32-41-58)74(4,5)6)57-36-27-51(28-37-57)49-19-11-8-12-20-49/h7-47H,1-6H3. The molecule has 13 rings (SSSR count). The smallest absolute Gasteiger partial charge is 0.146 e. The number of anilines is 6. The fourth-order valence-electron chi connectivity index (χ4n) is 11.5. The average molecular weight is 1010 g/mol. The maximum Gasteiger partial charge on any atom is 0.146 e. The third-order valence-corrected chi connectivity index (χ3v) is 15.6. The fraction of sp³-hybridized carbons (Fsp3) is 0.108. The highest BCUT2D eigenvalue weighted by Crippen LogP contribution is 2.56. The molecule has 0 N–H and O–H groups in total. The van der Waals surface area contributed by atoms with Crippen LogP contribution < -0.4 is 9.80 Å². The van der Waals surface area contributed by atoms with Crippen LogP contribution in [-0.2, 0) is 10.8 Å². The summed E-state index contributed by atoms with van der Waals surface area (Å²) in [7, 11) is 0. The first kappa shape index (κ1) is 48.4. The summed E-state index contributed by atoms with van der Waals surface area (Å²) in [6.45, 7) is 13.5. The maximum atomic E-state index is 16.3. The molecule has 0 saturated heterocycles. The Balaban J connectivity index is 1.09. The highest BCUT2D eigenvalue weighted by atomic mass is 19.1. The zero-order chi connectivity index (χ0) is 53.3. The summed E-state index contributed by atoms with van der Waals surface area (Å²) < 4.78 is 23.6. The van der Waals surface area contributed by atoms with Crippen LogP contribution in [0.25, 0.3) is 88.7 Å². The molecular weight excluding hydrogens is 952 g/mol. The van der Waals surface area contributed by atoms with Gasteiger partial charge in [-0.3, -0.25) is 0 Å². The predicted molar refractivity (Wildman–Crippen MR) is 327 cm³/mol. The van der Waals surface area contributed by atoms with Gasteiger partial charge in [-0.2, -0.15) is 0 Å². The van der Waals surface area contributed by atoms with Crippen molar-refractivity contribution in [2.75, 3.05) is 9.80 Å². The molecule has 1 aromatic heterocycles. The van der Waals surface area contributed by atoms with Gasteiger partial charge in [-0.1, -0.05) is 205 Å². The molecule has 0 radical (unpaired) electrons. The van der Waals surface area contributed by atoms with Gasteiger partial charge < -0.3 is 14.2 Å². The Morgan fingerprint density at radius 1 is 0.333 bits per heavy atom. The van der Waals surface area contributed by atoms with Gasteiger partial charge in [0.15, 0.2) is 0 Å². The number of fused-ring (bicyclic) bond motifs is 12. The molecule has 0 saturated carbocycles. The van der Waals surface area contributed by atoms with Gasteiger partial charge in [-0.05, 0) is 168 Å². The van der Waals surface area contributed by atoms with E-state index < -0.39 is 0 Å². The molecule has 11 aromatic carbocycles. The van der Waals surface area contributed by atoms with Gasteiger partial charge in [0.1, 0.15) is 17.0 Å². The van der Waals surface area contributed by atoms with Crippen LogP contribution >= 0.6 is 0 Å². The van der Waals surface area contributed by atoms with E-state index in [-0.39, 0.29) is 16.6 Å². The van der Waals surface area contributed by atoms with Crippen LogP contribution in [0.2, 0.25) is 0 Å². The van der Waals surface area contributed by atoms with Gasteiger partial charge in [0.2, 0.25) is 0 Å². The lowest BCUT2D eigenvalue weighted by atomic mass is 9.79. The van der Waals surface area contributed by atoms with E-state index in [0.717, 1.165) is 117 Å². The molecule has 4 heteroatoms. The van der Waals surface area contributed by atoms with E-state index >= 15 is 4.39 Å². The average Bonchev–Trinajstić information content (AvgIpc) is 3.86. The van der Waals surface area contributed by atoms with Gasteiger partial charge in [0, 0.05) is 39.4 Å². The third-order valence-electron chi connectivity index (χ3n) is 15.6. The summed E-state index contributed by atoms with van der Waals surface area (Å²) in [6, 6.07) is 88.0. The molecule has 378 valence electrons. The third kappa shape index (κ3) is 8.64. The van der Waals surface area contributed by atoms with Crippen molar-refractivity contribution in [2.24, 2.45) is 0 Å². The van der Waals surface area contributed by atoms with Crippen LogP contribution in [0, 0.1) is 5.82 Å². The lowest BCUT2D eigenvalue weighted by Gasteiger charge is -2.31. The highest BCUT2D eigenvalue weighted by Gasteiger charge is 2.31.